The predicted molar refractivity (Wildman–Crippen MR) is 78.3 cm³/mol. The van der Waals surface area contributed by atoms with Gasteiger partial charge in [0, 0.05) is 10.4 Å². The van der Waals surface area contributed by atoms with Crippen molar-refractivity contribution < 1.29 is 18.3 Å². The van der Waals surface area contributed by atoms with Crippen LogP contribution in [0.5, 0.6) is 0 Å². The van der Waals surface area contributed by atoms with Gasteiger partial charge in [-0.15, -0.1) is 11.3 Å². The van der Waals surface area contributed by atoms with Crippen molar-refractivity contribution in [2.45, 2.75) is 4.90 Å². The summed E-state index contributed by atoms with van der Waals surface area (Å²) in [5, 5.41) is 19.2. The van der Waals surface area contributed by atoms with Gasteiger partial charge in [0.2, 0.25) is 0 Å². The van der Waals surface area contributed by atoms with Crippen molar-refractivity contribution in [1.82, 2.24) is 0 Å². The first-order valence-corrected chi connectivity index (χ1v) is 8.12. The first kappa shape index (κ1) is 15.3. The van der Waals surface area contributed by atoms with E-state index in [0.717, 1.165) is 17.4 Å². The number of hydrogen-bond donors (Lipinski definition) is 2. The van der Waals surface area contributed by atoms with Gasteiger partial charge in [-0.3, -0.25) is 4.72 Å². The highest BCUT2D eigenvalue weighted by molar-refractivity contribution is 7.92. The molecule has 2 rings (SSSR count). The van der Waals surface area contributed by atoms with E-state index in [1.807, 2.05) is 6.07 Å². The zero-order valence-electron chi connectivity index (χ0n) is 10.2. The number of carbonyl (C=O) groups is 1. The molecule has 0 unspecified atom stereocenters. The molecule has 6 nitrogen and oxygen atoms in total. The minimum Gasteiger partial charge on any atom is -0.477 e. The Labute approximate surface area is 129 Å². The first-order valence-electron chi connectivity index (χ1n) is 5.38. The molecule has 0 fully saturated rings. The molecular formula is C12H7ClN2O4S2. The van der Waals surface area contributed by atoms with Gasteiger partial charge in [-0.05, 0) is 24.3 Å². The molecular weight excluding hydrogens is 336 g/mol. The Balaban J connectivity index is 2.40. The van der Waals surface area contributed by atoms with Crippen LogP contribution in [0, 0.1) is 11.3 Å². The Morgan fingerprint density at radius 2 is 2.10 bits per heavy atom. The number of carboxylic acids is 1. The smallest absolute Gasteiger partial charge is 0.345 e. The molecule has 0 aliphatic rings. The summed E-state index contributed by atoms with van der Waals surface area (Å²) in [6, 6.07) is 7.05. The van der Waals surface area contributed by atoms with Gasteiger partial charge in [-0.25, -0.2) is 13.2 Å². The molecule has 9 heteroatoms. The van der Waals surface area contributed by atoms with E-state index in [1.54, 1.807) is 0 Å². The Morgan fingerprint density at radius 1 is 1.38 bits per heavy atom. The number of rotatable bonds is 4. The van der Waals surface area contributed by atoms with Gasteiger partial charge in [0.05, 0.1) is 16.1 Å². The predicted octanol–water partition coefficient (Wildman–Crippen LogP) is 2.77. The molecule has 0 aliphatic carbocycles. The number of aromatic carboxylic acids is 1. The second-order valence-corrected chi connectivity index (χ2v) is 6.89. The Hall–Kier alpha value is -2.08. The van der Waals surface area contributed by atoms with Crippen LogP contribution in [0.2, 0.25) is 5.02 Å². The number of sulfonamides is 1. The summed E-state index contributed by atoms with van der Waals surface area (Å²) < 4.78 is 26.6. The van der Waals surface area contributed by atoms with E-state index in [4.69, 9.17) is 22.0 Å². The van der Waals surface area contributed by atoms with E-state index in [0.29, 0.717) is 0 Å². The summed E-state index contributed by atoms with van der Waals surface area (Å²) in [6.45, 7) is 0. The molecule has 1 heterocycles. The molecule has 2 aromatic rings. The Bertz CT molecular complexity index is 852. The van der Waals surface area contributed by atoms with Gasteiger partial charge < -0.3 is 5.11 Å². The molecule has 0 saturated heterocycles. The molecule has 0 amide bonds. The fourth-order valence-electron chi connectivity index (χ4n) is 1.47. The highest BCUT2D eigenvalue weighted by Gasteiger charge is 2.20. The van der Waals surface area contributed by atoms with Crippen molar-refractivity contribution in [3.05, 3.63) is 45.1 Å². The van der Waals surface area contributed by atoms with E-state index in [1.165, 1.54) is 23.6 Å². The summed E-state index contributed by atoms with van der Waals surface area (Å²) in [6.07, 6.45) is 0. The number of benzene rings is 1. The fourth-order valence-corrected chi connectivity index (χ4v) is 3.83. The number of nitrogens with zero attached hydrogens (tertiary/aromatic N) is 1. The van der Waals surface area contributed by atoms with Gasteiger partial charge >= 0.3 is 5.97 Å². The monoisotopic (exact) mass is 342 g/mol. The van der Waals surface area contributed by atoms with Crippen LogP contribution in [0.25, 0.3) is 0 Å². The summed E-state index contributed by atoms with van der Waals surface area (Å²) >= 11 is 6.57. The average Bonchev–Trinajstić information content (AvgIpc) is 2.89. The minimum absolute atomic E-state index is 0.0353. The first-order chi connectivity index (χ1) is 9.83. The number of nitriles is 1. The molecule has 2 N–H and O–H groups in total. The second kappa shape index (κ2) is 5.73. The maximum Gasteiger partial charge on any atom is 0.345 e. The standard InChI is InChI=1S/C12H7ClN2O4S2/c13-8-2-1-7(5-14)10(3-8)15-21(18,19)9-4-11(12(16)17)20-6-9/h1-4,6,15H,(H,16,17). The lowest BCUT2D eigenvalue weighted by Gasteiger charge is -2.08. The fraction of sp³-hybridized carbons (Fsp3) is 0. The van der Waals surface area contributed by atoms with Crippen LogP contribution in [0.3, 0.4) is 0 Å². The molecule has 0 aliphatic heterocycles. The maximum atomic E-state index is 12.2. The van der Waals surface area contributed by atoms with Crippen LogP contribution >= 0.6 is 22.9 Å². The second-order valence-electron chi connectivity index (χ2n) is 3.86. The molecule has 0 spiro atoms. The third-order valence-corrected chi connectivity index (χ3v) is 5.09. The highest BCUT2D eigenvalue weighted by atomic mass is 35.5. The number of nitrogens with one attached hydrogen (secondary N) is 1. The average molecular weight is 343 g/mol. The van der Waals surface area contributed by atoms with Crippen LogP contribution in [-0.2, 0) is 10.0 Å². The third kappa shape index (κ3) is 3.33. The lowest BCUT2D eigenvalue weighted by atomic mass is 10.2. The molecule has 108 valence electrons. The van der Waals surface area contributed by atoms with Crippen molar-refractivity contribution in [2.75, 3.05) is 4.72 Å². The van der Waals surface area contributed by atoms with Crippen molar-refractivity contribution in [1.29, 1.82) is 5.26 Å². The van der Waals surface area contributed by atoms with Crippen molar-refractivity contribution in [2.24, 2.45) is 0 Å². The van der Waals surface area contributed by atoms with Crippen molar-refractivity contribution in [3.8, 4) is 6.07 Å². The molecule has 1 aromatic heterocycles. The van der Waals surface area contributed by atoms with E-state index in [9.17, 15) is 13.2 Å². The summed E-state index contributed by atoms with van der Waals surface area (Å²) in [5.74, 6) is -1.21. The number of carboxylic acid groups (broad SMARTS) is 1. The third-order valence-electron chi connectivity index (χ3n) is 2.44. The van der Waals surface area contributed by atoms with Gasteiger partial charge in [0.1, 0.15) is 10.9 Å². The van der Waals surface area contributed by atoms with Crippen molar-refractivity contribution in [3.63, 3.8) is 0 Å². The largest absolute Gasteiger partial charge is 0.477 e. The Morgan fingerprint density at radius 3 is 2.67 bits per heavy atom. The van der Waals surface area contributed by atoms with Gasteiger partial charge in [0.15, 0.2) is 0 Å². The zero-order chi connectivity index (χ0) is 15.6. The molecule has 0 radical (unpaired) electrons. The summed E-state index contributed by atoms with van der Waals surface area (Å²) in [4.78, 5) is 10.5. The molecule has 0 bridgehead atoms. The van der Waals surface area contributed by atoms with E-state index in [-0.39, 0.29) is 26.0 Å². The topological polar surface area (TPSA) is 107 Å². The van der Waals surface area contributed by atoms with Gasteiger partial charge in [-0.2, -0.15) is 5.26 Å². The number of halogens is 1. The molecule has 0 atom stereocenters. The van der Waals surface area contributed by atoms with E-state index >= 15 is 0 Å². The zero-order valence-corrected chi connectivity index (χ0v) is 12.6. The van der Waals surface area contributed by atoms with Crippen LogP contribution < -0.4 is 4.72 Å². The lowest BCUT2D eigenvalue weighted by Crippen LogP contribution is -2.13. The maximum absolute atomic E-state index is 12.2. The van der Waals surface area contributed by atoms with Crippen LogP contribution in [0.4, 0.5) is 5.69 Å². The number of hydrogen-bond acceptors (Lipinski definition) is 5. The molecule has 1 aromatic carbocycles. The summed E-state index contributed by atoms with van der Waals surface area (Å²) in [5.41, 5.74) is 0.143. The van der Waals surface area contributed by atoms with Gasteiger partial charge in [0.25, 0.3) is 10.0 Å². The SMILES string of the molecule is N#Cc1ccc(Cl)cc1NS(=O)(=O)c1csc(C(=O)O)c1. The Kier molecular flexibility index (Phi) is 4.18. The van der Waals surface area contributed by atoms with Crippen LogP contribution in [-0.4, -0.2) is 19.5 Å². The van der Waals surface area contributed by atoms with E-state index in [2.05, 4.69) is 4.72 Å². The number of anilines is 1. The number of thiophene rings is 1. The highest BCUT2D eigenvalue weighted by Crippen LogP contribution is 2.25. The quantitative estimate of drug-likeness (QED) is 0.888. The van der Waals surface area contributed by atoms with Crippen molar-refractivity contribution >= 4 is 44.6 Å². The van der Waals surface area contributed by atoms with Gasteiger partial charge in [-0.1, -0.05) is 11.6 Å². The molecule has 21 heavy (non-hydrogen) atoms. The minimum atomic E-state index is -3.99. The summed E-state index contributed by atoms with van der Waals surface area (Å²) in [7, 11) is -3.99. The normalized spacial score (nSPS) is 10.9. The van der Waals surface area contributed by atoms with E-state index < -0.39 is 16.0 Å². The van der Waals surface area contributed by atoms with Crippen LogP contribution in [0.15, 0.2) is 34.5 Å². The lowest BCUT2D eigenvalue weighted by molar-refractivity contribution is 0.0702. The molecule has 0 saturated carbocycles. The van der Waals surface area contributed by atoms with Crippen LogP contribution in [0.1, 0.15) is 15.2 Å².